The minimum absolute atomic E-state index is 0.277. The van der Waals surface area contributed by atoms with Crippen molar-refractivity contribution in [3.63, 3.8) is 0 Å². The Balaban J connectivity index is 2.43. The van der Waals surface area contributed by atoms with Crippen molar-refractivity contribution in [2.45, 2.75) is 38.8 Å². The van der Waals surface area contributed by atoms with Crippen LogP contribution in [0.25, 0.3) is 0 Å². The first kappa shape index (κ1) is 11.8. The molecule has 2 amide bonds. The summed E-state index contributed by atoms with van der Waals surface area (Å²) in [4.78, 5) is 22.6. The molecule has 3 N–H and O–H groups in total. The fourth-order valence-electron chi connectivity index (χ4n) is 1.22. The number of carbonyl (C=O) groups is 2. The van der Waals surface area contributed by atoms with Gasteiger partial charge in [0.2, 0.25) is 0 Å². The number of ether oxygens (including phenoxy) is 1. The molecule has 0 aromatic carbocycles. The number of hydrogen-bond donors (Lipinski definition) is 2. The lowest BCUT2D eigenvalue weighted by Gasteiger charge is -2.23. The number of amides is 2. The minimum Gasteiger partial charge on any atom is -0.443 e. The molecule has 1 atom stereocenters. The van der Waals surface area contributed by atoms with Gasteiger partial charge in [0.15, 0.2) is 0 Å². The predicted molar refractivity (Wildman–Crippen MR) is 53.7 cm³/mol. The summed E-state index contributed by atoms with van der Waals surface area (Å²) in [6.45, 7) is 5.69. The quantitative estimate of drug-likeness (QED) is 0.644. The molecule has 6 nitrogen and oxygen atoms in total. The van der Waals surface area contributed by atoms with Gasteiger partial charge in [0.25, 0.3) is 5.91 Å². The van der Waals surface area contributed by atoms with Crippen LogP contribution < -0.4 is 11.2 Å². The van der Waals surface area contributed by atoms with Gasteiger partial charge in [-0.15, -0.1) is 0 Å². The highest BCUT2D eigenvalue weighted by Crippen LogP contribution is 2.09. The van der Waals surface area contributed by atoms with Gasteiger partial charge in [0.1, 0.15) is 5.60 Å². The molecule has 0 radical (unpaired) electrons. The molecule has 0 aliphatic carbocycles. The van der Waals surface area contributed by atoms with E-state index in [1.165, 1.54) is 5.01 Å². The van der Waals surface area contributed by atoms with E-state index in [1.807, 2.05) is 0 Å². The van der Waals surface area contributed by atoms with Crippen molar-refractivity contribution >= 4 is 12.0 Å². The van der Waals surface area contributed by atoms with E-state index in [0.717, 1.165) is 0 Å². The first-order valence-electron chi connectivity index (χ1n) is 4.86. The van der Waals surface area contributed by atoms with E-state index in [4.69, 9.17) is 10.5 Å². The average molecular weight is 215 g/mol. The second kappa shape index (κ2) is 4.06. The Bertz CT molecular complexity index is 272. The molecule has 0 saturated carbocycles. The molecule has 1 aliphatic heterocycles. The fourth-order valence-corrected chi connectivity index (χ4v) is 1.22. The number of nitrogens with one attached hydrogen (secondary N) is 1. The van der Waals surface area contributed by atoms with E-state index in [2.05, 4.69) is 5.43 Å². The van der Waals surface area contributed by atoms with Crippen molar-refractivity contribution in [1.29, 1.82) is 0 Å². The number of hydrogen-bond acceptors (Lipinski definition) is 4. The smallest absolute Gasteiger partial charge is 0.426 e. The van der Waals surface area contributed by atoms with Gasteiger partial charge in [-0.2, -0.15) is 0 Å². The van der Waals surface area contributed by atoms with E-state index in [9.17, 15) is 9.59 Å². The SMILES string of the molecule is CC(C)(C)OC(=O)NN1CC[C@@H](N)C1=O. The summed E-state index contributed by atoms with van der Waals surface area (Å²) in [5, 5.41) is 1.19. The van der Waals surface area contributed by atoms with Crippen LogP contribution in [0, 0.1) is 0 Å². The Morgan fingerprint density at radius 3 is 2.60 bits per heavy atom. The van der Waals surface area contributed by atoms with Crippen molar-refractivity contribution in [2.24, 2.45) is 5.73 Å². The molecule has 0 spiro atoms. The highest BCUT2D eigenvalue weighted by Gasteiger charge is 2.30. The summed E-state index contributed by atoms with van der Waals surface area (Å²) in [5.74, 6) is -0.277. The molecule has 0 unspecified atom stereocenters. The van der Waals surface area contributed by atoms with Crippen molar-refractivity contribution in [2.75, 3.05) is 6.54 Å². The zero-order chi connectivity index (χ0) is 11.6. The van der Waals surface area contributed by atoms with Crippen LogP contribution in [0.15, 0.2) is 0 Å². The highest BCUT2D eigenvalue weighted by atomic mass is 16.6. The van der Waals surface area contributed by atoms with E-state index < -0.39 is 17.7 Å². The van der Waals surface area contributed by atoms with E-state index >= 15 is 0 Å². The largest absolute Gasteiger partial charge is 0.443 e. The summed E-state index contributed by atoms with van der Waals surface area (Å²) in [5.41, 5.74) is 7.27. The first-order chi connectivity index (χ1) is 6.79. The summed E-state index contributed by atoms with van der Waals surface area (Å²) < 4.78 is 5.00. The molecule has 1 heterocycles. The van der Waals surface area contributed by atoms with Crippen molar-refractivity contribution < 1.29 is 14.3 Å². The number of hydrazine groups is 1. The second-order valence-corrected chi connectivity index (χ2v) is 4.50. The van der Waals surface area contributed by atoms with Gasteiger partial charge < -0.3 is 10.5 Å². The van der Waals surface area contributed by atoms with Crippen LogP contribution in [-0.2, 0) is 9.53 Å². The van der Waals surface area contributed by atoms with Crippen LogP contribution >= 0.6 is 0 Å². The topological polar surface area (TPSA) is 84.7 Å². The Kier molecular flexibility index (Phi) is 3.18. The van der Waals surface area contributed by atoms with Gasteiger partial charge in [-0.1, -0.05) is 0 Å². The van der Waals surface area contributed by atoms with E-state index in [-0.39, 0.29) is 5.91 Å². The second-order valence-electron chi connectivity index (χ2n) is 4.50. The molecular weight excluding hydrogens is 198 g/mol. The number of carbonyl (C=O) groups excluding carboxylic acids is 2. The predicted octanol–water partition coefficient (Wildman–Crippen LogP) is -0.0143. The van der Waals surface area contributed by atoms with Crippen molar-refractivity contribution in [3.8, 4) is 0 Å². The molecule has 86 valence electrons. The lowest BCUT2D eigenvalue weighted by molar-refractivity contribution is -0.131. The lowest BCUT2D eigenvalue weighted by atomic mass is 10.2. The standard InChI is InChI=1S/C9H17N3O3/c1-9(2,3)15-8(14)11-12-5-4-6(10)7(12)13/h6H,4-5,10H2,1-3H3,(H,11,14)/t6-/m1/s1. The monoisotopic (exact) mass is 215 g/mol. The lowest BCUT2D eigenvalue weighted by Crippen LogP contribution is -2.47. The number of nitrogens with zero attached hydrogens (tertiary/aromatic N) is 1. The number of nitrogens with two attached hydrogens (primary N) is 1. The molecule has 1 fully saturated rings. The van der Waals surface area contributed by atoms with Crippen LogP contribution in [0.5, 0.6) is 0 Å². The zero-order valence-electron chi connectivity index (χ0n) is 9.24. The summed E-state index contributed by atoms with van der Waals surface area (Å²) in [7, 11) is 0. The minimum atomic E-state index is -0.634. The Morgan fingerprint density at radius 2 is 2.20 bits per heavy atom. The van der Waals surface area contributed by atoms with Crippen molar-refractivity contribution in [1.82, 2.24) is 10.4 Å². The molecule has 1 saturated heterocycles. The van der Waals surface area contributed by atoms with Crippen LogP contribution in [-0.4, -0.2) is 35.2 Å². The normalized spacial score (nSPS) is 21.7. The third kappa shape index (κ3) is 3.39. The van der Waals surface area contributed by atoms with Gasteiger partial charge in [0.05, 0.1) is 6.04 Å². The fraction of sp³-hybridized carbons (Fsp3) is 0.778. The van der Waals surface area contributed by atoms with E-state index in [1.54, 1.807) is 20.8 Å². The van der Waals surface area contributed by atoms with Gasteiger partial charge in [-0.25, -0.2) is 15.2 Å². The van der Waals surface area contributed by atoms with Gasteiger partial charge in [-0.05, 0) is 27.2 Å². The van der Waals surface area contributed by atoms with Crippen LogP contribution in [0.1, 0.15) is 27.2 Å². The maximum Gasteiger partial charge on any atom is 0.426 e. The van der Waals surface area contributed by atoms with Crippen LogP contribution in [0.4, 0.5) is 4.79 Å². The van der Waals surface area contributed by atoms with Gasteiger partial charge in [-0.3, -0.25) is 4.79 Å². The van der Waals surface area contributed by atoms with Crippen LogP contribution in [0.3, 0.4) is 0 Å². The molecule has 1 aliphatic rings. The van der Waals surface area contributed by atoms with Crippen LogP contribution in [0.2, 0.25) is 0 Å². The molecule has 1 rings (SSSR count). The Morgan fingerprint density at radius 1 is 1.60 bits per heavy atom. The third-order valence-electron chi connectivity index (χ3n) is 1.87. The Hall–Kier alpha value is -1.30. The zero-order valence-corrected chi connectivity index (χ0v) is 9.24. The average Bonchev–Trinajstić information content (AvgIpc) is 2.32. The summed E-state index contributed by atoms with van der Waals surface area (Å²) in [6.07, 6.45) is -0.0841. The summed E-state index contributed by atoms with van der Waals surface area (Å²) in [6, 6.07) is -0.514. The third-order valence-corrected chi connectivity index (χ3v) is 1.87. The molecule has 0 bridgehead atoms. The van der Waals surface area contributed by atoms with Crippen molar-refractivity contribution in [3.05, 3.63) is 0 Å². The van der Waals surface area contributed by atoms with Gasteiger partial charge in [0, 0.05) is 6.54 Å². The first-order valence-corrected chi connectivity index (χ1v) is 4.86. The molecular formula is C9H17N3O3. The molecule has 6 heteroatoms. The molecule has 0 aromatic heterocycles. The maximum atomic E-state index is 11.3. The Labute approximate surface area is 88.7 Å². The summed E-state index contributed by atoms with van der Waals surface area (Å²) >= 11 is 0. The highest BCUT2D eigenvalue weighted by molar-refractivity contribution is 5.85. The number of rotatable bonds is 1. The van der Waals surface area contributed by atoms with E-state index in [0.29, 0.717) is 13.0 Å². The molecule has 0 aromatic rings. The maximum absolute atomic E-state index is 11.3. The van der Waals surface area contributed by atoms with Gasteiger partial charge >= 0.3 is 6.09 Å². The molecule has 15 heavy (non-hydrogen) atoms.